The zero-order valence-electron chi connectivity index (χ0n) is 19.1. The van der Waals surface area contributed by atoms with Crippen LogP contribution in [0.15, 0.2) is 41.8 Å². The summed E-state index contributed by atoms with van der Waals surface area (Å²) in [7, 11) is 0. The molecular formula is C24H31N3O4S. The SMILES string of the molecule is CCOC(=O)CNC(=O)N(CC(=O)N1CCc2sccc2C1c1ccccc1)C(C)(C)C. The lowest BCUT2D eigenvalue weighted by Gasteiger charge is -2.40. The van der Waals surface area contributed by atoms with E-state index in [0.29, 0.717) is 6.54 Å². The number of amides is 3. The minimum Gasteiger partial charge on any atom is -0.465 e. The average molecular weight is 458 g/mol. The number of nitrogens with one attached hydrogen (secondary N) is 1. The first-order valence-electron chi connectivity index (χ1n) is 10.8. The van der Waals surface area contributed by atoms with Crippen LogP contribution in [0.1, 0.15) is 49.7 Å². The molecular weight excluding hydrogens is 426 g/mol. The molecule has 0 aliphatic carbocycles. The van der Waals surface area contributed by atoms with Gasteiger partial charge in [0.1, 0.15) is 13.1 Å². The van der Waals surface area contributed by atoms with Gasteiger partial charge in [-0.15, -0.1) is 11.3 Å². The molecule has 8 heteroatoms. The molecule has 32 heavy (non-hydrogen) atoms. The van der Waals surface area contributed by atoms with Gasteiger partial charge in [0.25, 0.3) is 0 Å². The van der Waals surface area contributed by atoms with E-state index >= 15 is 0 Å². The summed E-state index contributed by atoms with van der Waals surface area (Å²) in [4.78, 5) is 42.7. The second-order valence-electron chi connectivity index (χ2n) is 8.67. The van der Waals surface area contributed by atoms with Crippen LogP contribution in [0.3, 0.4) is 0 Å². The molecule has 2 heterocycles. The van der Waals surface area contributed by atoms with Crippen LogP contribution in [0.4, 0.5) is 4.79 Å². The fourth-order valence-electron chi connectivity index (χ4n) is 3.87. The number of carbonyl (C=O) groups excluding carboxylic acids is 3. The highest BCUT2D eigenvalue weighted by atomic mass is 32.1. The standard InChI is InChI=1S/C24H31N3O4S/c1-5-31-21(29)15-25-23(30)27(24(2,3)4)16-20(28)26-13-11-19-18(12-14-32-19)22(26)17-9-7-6-8-10-17/h6-10,12,14,22H,5,11,13,15-16H2,1-4H3,(H,25,30). The van der Waals surface area contributed by atoms with Crippen LogP contribution in [0, 0.1) is 0 Å². The van der Waals surface area contributed by atoms with Crippen molar-refractivity contribution in [3.8, 4) is 0 Å². The highest BCUT2D eigenvalue weighted by Gasteiger charge is 2.36. The second kappa shape index (κ2) is 10.2. The van der Waals surface area contributed by atoms with Gasteiger partial charge in [-0.05, 0) is 56.7 Å². The van der Waals surface area contributed by atoms with E-state index in [4.69, 9.17) is 4.74 Å². The van der Waals surface area contributed by atoms with Crippen molar-refractivity contribution >= 4 is 29.2 Å². The number of carbonyl (C=O) groups is 3. The second-order valence-corrected chi connectivity index (χ2v) is 9.67. The molecule has 0 bridgehead atoms. The number of rotatable bonds is 6. The fourth-order valence-corrected chi connectivity index (χ4v) is 4.78. The summed E-state index contributed by atoms with van der Waals surface area (Å²) < 4.78 is 4.88. The van der Waals surface area contributed by atoms with Crippen molar-refractivity contribution in [1.29, 1.82) is 0 Å². The van der Waals surface area contributed by atoms with Gasteiger partial charge in [0, 0.05) is 17.0 Å². The quantitative estimate of drug-likeness (QED) is 0.673. The number of nitrogens with zero attached hydrogens (tertiary/aromatic N) is 2. The highest BCUT2D eigenvalue weighted by molar-refractivity contribution is 7.10. The maximum atomic E-state index is 13.5. The summed E-state index contributed by atoms with van der Waals surface area (Å²) in [5.74, 6) is -0.636. The number of hydrogen-bond acceptors (Lipinski definition) is 5. The minimum atomic E-state index is -0.611. The van der Waals surface area contributed by atoms with Crippen LogP contribution < -0.4 is 5.32 Å². The molecule has 1 unspecified atom stereocenters. The number of fused-ring (bicyclic) bond motifs is 1. The molecule has 0 saturated carbocycles. The maximum absolute atomic E-state index is 13.5. The molecule has 0 fully saturated rings. The molecule has 0 spiro atoms. The van der Waals surface area contributed by atoms with Crippen molar-refractivity contribution in [2.45, 2.75) is 45.7 Å². The smallest absolute Gasteiger partial charge is 0.325 e. The first-order valence-corrected chi connectivity index (χ1v) is 11.7. The van der Waals surface area contributed by atoms with Crippen LogP contribution in [-0.4, -0.2) is 59.5 Å². The van der Waals surface area contributed by atoms with Gasteiger partial charge in [0.05, 0.1) is 12.6 Å². The third kappa shape index (κ3) is 5.48. The zero-order chi connectivity index (χ0) is 23.3. The van der Waals surface area contributed by atoms with E-state index in [0.717, 1.165) is 17.5 Å². The molecule has 7 nitrogen and oxygen atoms in total. The van der Waals surface area contributed by atoms with Crippen LogP contribution in [0.2, 0.25) is 0 Å². The summed E-state index contributed by atoms with van der Waals surface area (Å²) >= 11 is 1.72. The summed E-state index contributed by atoms with van der Waals surface area (Å²) in [6, 6.07) is 11.4. The molecule has 1 aliphatic rings. The van der Waals surface area contributed by atoms with Crippen molar-refractivity contribution in [2.24, 2.45) is 0 Å². The van der Waals surface area contributed by atoms with E-state index < -0.39 is 17.5 Å². The Morgan fingerprint density at radius 3 is 2.56 bits per heavy atom. The van der Waals surface area contributed by atoms with Gasteiger partial charge >= 0.3 is 12.0 Å². The Bertz CT molecular complexity index is 952. The molecule has 2 aromatic rings. The average Bonchev–Trinajstić information content (AvgIpc) is 3.24. The summed E-state index contributed by atoms with van der Waals surface area (Å²) in [6.07, 6.45) is 0.798. The lowest BCUT2D eigenvalue weighted by Crippen LogP contribution is -2.56. The predicted molar refractivity (Wildman–Crippen MR) is 125 cm³/mol. The Kier molecular flexibility index (Phi) is 7.56. The third-order valence-electron chi connectivity index (χ3n) is 5.44. The van der Waals surface area contributed by atoms with E-state index in [-0.39, 0.29) is 31.6 Å². The maximum Gasteiger partial charge on any atom is 0.325 e. The van der Waals surface area contributed by atoms with Crippen molar-refractivity contribution in [2.75, 3.05) is 26.2 Å². The highest BCUT2D eigenvalue weighted by Crippen LogP contribution is 2.37. The van der Waals surface area contributed by atoms with Crippen molar-refractivity contribution in [1.82, 2.24) is 15.1 Å². The van der Waals surface area contributed by atoms with Gasteiger partial charge in [-0.25, -0.2) is 4.79 Å². The van der Waals surface area contributed by atoms with Crippen LogP contribution >= 0.6 is 11.3 Å². The molecule has 172 valence electrons. The molecule has 0 saturated heterocycles. The van der Waals surface area contributed by atoms with Crippen molar-refractivity contribution < 1.29 is 19.1 Å². The summed E-state index contributed by atoms with van der Waals surface area (Å²) in [6.45, 7) is 7.83. The number of thiophene rings is 1. The normalized spacial score (nSPS) is 15.6. The van der Waals surface area contributed by atoms with Gasteiger partial charge in [0.15, 0.2) is 0 Å². The number of hydrogen-bond donors (Lipinski definition) is 1. The third-order valence-corrected chi connectivity index (χ3v) is 6.44. The Balaban J connectivity index is 1.80. The van der Waals surface area contributed by atoms with Crippen LogP contribution in [-0.2, 0) is 20.7 Å². The van der Waals surface area contributed by atoms with E-state index in [9.17, 15) is 14.4 Å². The van der Waals surface area contributed by atoms with Gasteiger partial charge in [-0.1, -0.05) is 30.3 Å². The Labute approximate surface area is 193 Å². The first-order chi connectivity index (χ1) is 15.2. The number of esters is 1. The van der Waals surface area contributed by atoms with E-state index in [1.54, 1.807) is 18.3 Å². The monoisotopic (exact) mass is 457 g/mol. The molecule has 3 rings (SSSR count). The van der Waals surface area contributed by atoms with E-state index in [1.165, 1.54) is 9.78 Å². The summed E-state index contributed by atoms with van der Waals surface area (Å²) in [5.41, 5.74) is 1.59. The van der Waals surface area contributed by atoms with Crippen molar-refractivity contribution in [3.63, 3.8) is 0 Å². The lowest BCUT2D eigenvalue weighted by atomic mass is 9.93. The molecule has 1 N–H and O–H groups in total. The molecule has 3 amide bonds. The molecule has 0 radical (unpaired) electrons. The van der Waals surface area contributed by atoms with Gasteiger partial charge in [0.2, 0.25) is 5.91 Å². The van der Waals surface area contributed by atoms with E-state index in [1.807, 2.05) is 56.0 Å². The largest absolute Gasteiger partial charge is 0.465 e. The molecule has 1 aromatic carbocycles. The number of benzene rings is 1. The van der Waals surface area contributed by atoms with Crippen molar-refractivity contribution in [3.05, 3.63) is 57.8 Å². The zero-order valence-corrected chi connectivity index (χ0v) is 19.9. The summed E-state index contributed by atoms with van der Waals surface area (Å²) in [5, 5.41) is 4.65. The number of ether oxygens (including phenoxy) is 1. The molecule has 1 atom stereocenters. The predicted octanol–water partition coefficient (Wildman–Crippen LogP) is 3.60. The first kappa shape index (κ1) is 23.8. The van der Waals surface area contributed by atoms with Gasteiger partial charge < -0.3 is 19.9 Å². The van der Waals surface area contributed by atoms with Crippen LogP contribution in [0.5, 0.6) is 0 Å². The lowest BCUT2D eigenvalue weighted by molar-refractivity contribution is -0.141. The minimum absolute atomic E-state index is 0.0824. The fraction of sp³-hybridized carbons (Fsp3) is 0.458. The number of urea groups is 1. The van der Waals surface area contributed by atoms with Gasteiger partial charge in [-0.2, -0.15) is 0 Å². The van der Waals surface area contributed by atoms with Crippen LogP contribution in [0.25, 0.3) is 0 Å². The Morgan fingerprint density at radius 1 is 1.19 bits per heavy atom. The molecule has 1 aliphatic heterocycles. The Morgan fingerprint density at radius 2 is 1.91 bits per heavy atom. The molecule has 1 aromatic heterocycles. The van der Waals surface area contributed by atoms with E-state index in [2.05, 4.69) is 16.8 Å². The Hall–Kier alpha value is -2.87. The topological polar surface area (TPSA) is 79.0 Å². The van der Waals surface area contributed by atoms with Gasteiger partial charge in [-0.3, -0.25) is 9.59 Å².